The molecule has 0 unspecified atom stereocenters. The van der Waals surface area contributed by atoms with Crippen LogP contribution in [0.25, 0.3) is 0 Å². The summed E-state index contributed by atoms with van der Waals surface area (Å²) in [6, 6.07) is 5.22. The van der Waals surface area contributed by atoms with Crippen LogP contribution in [-0.4, -0.2) is 32.1 Å². The van der Waals surface area contributed by atoms with E-state index in [0.29, 0.717) is 28.6 Å². The lowest BCUT2D eigenvalue weighted by Gasteiger charge is -2.18. The number of carbonyl (C=O) groups excluding carboxylic acids is 1. The molecule has 0 bridgehead atoms. The monoisotopic (exact) mass is 403 g/mol. The molecule has 1 heterocycles. The van der Waals surface area contributed by atoms with Gasteiger partial charge in [0.2, 0.25) is 0 Å². The van der Waals surface area contributed by atoms with Crippen molar-refractivity contribution in [1.82, 2.24) is 4.90 Å². The van der Waals surface area contributed by atoms with Gasteiger partial charge in [-0.1, -0.05) is 11.6 Å². The lowest BCUT2D eigenvalue weighted by atomic mass is 10.1. The van der Waals surface area contributed by atoms with E-state index < -0.39 is 0 Å². The van der Waals surface area contributed by atoms with Crippen LogP contribution in [0.3, 0.4) is 0 Å². The number of hydrogen-bond acceptors (Lipinski definition) is 4. The summed E-state index contributed by atoms with van der Waals surface area (Å²) >= 11 is 11.1. The van der Waals surface area contributed by atoms with Crippen LogP contribution >= 0.6 is 38.9 Å². The molecule has 0 N–H and O–H groups in total. The number of amides is 1. The molecule has 0 saturated heterocycles. The zero-order chi connectivity index (χ0) is 16.3. The van der Waals surface area contributed by atoms with Crippen LogP contribution in [0.4, 0.5) is 0 Å². The van der Waals surface area contributed by atoms with Gasteiger partial charge in [0.15, 0.2) is 11.5 Å². The maximum absolute atomic E-state index is 12.5. The number of carbonyl (C=O) groups is 1. The molecule has 7 heteroatoms. The van der Waals surface area contributed by atoms with E-state index in [1.54, 1.807) is 35.4 Å². The van der Waals surface area contributed by atoms with E-state index in [2.05, 4.69) is 15.9 Å². The van der Waals surface area contributed by atoms with Crippen molar-refractivity contribution in [1.29, 1.82) is 0 Å². The summed E-state index contributed by atoms with van der Waals surface area (Å²) in [7, 11) is 4.77. The van der Waals surface area contributed by atoms with Gasteiger partial charge in [-0.2, -0.15) is 0 Å². The van der Waals surface area contributed by atoms with Crippen molar-refractivity contribution in [2.45, 2.75) is 6.54 Å². The Morgan fingerprint density at radius 3 is 2.59 bits per heavy atom. The van der Waals surface area contributed by atoms with Crippen LogP contribution in [0.15, 0.2) is 28.1 Å². The van der Waals surface area contributed by atoms with Crippen LogP contribution in [0, 0.1) is 0 Å². The third kappa shape index (κ3) is 3.74. The molecule has 0 fully saturated rings. The van der Waals surface area contributed by atoms with E-state index in [1.165, 1.54) is 14.2 Å². The largest absolute Gasteiger partial charge is 0.493 e. The first kappa shape index (κ1) is 17.1. The molecule has 118 valence electrons. The van der Waals surface area contributed by atoms with Gasteiger partial charge in [0.1, 0.15) is 0 Å². The average molecular weight is 405 g/mol. The summed E-state index contributed by atoms with van der Waals surface area (Å²) in [6.45, 7) is 0.529. The second-order valence-electron chi connectivity index (χ2n) is 4.59. The van der Waals surface area contributed by atoms with Gasteiger partial charge in [-0.15, -0.1) is 11.3 Å². The smallest absolute Gasteiger partial charge is 0.254 e. The summed E-state index contributed by atoms with van der Waals surface area (Å²) in [4.78, 5) is 15.3. The fraction of sp³-hybridized carbons (Fsp3) is 0.267. The van der Waals surface area contributed by atoms with Crippen molar-refractivity contribution in [3.8, 4) is 11.5 Å². The van der Waals surface area contributed by atoms with E-state index in [9.17, 15) is 4.79 Å². The standard InChI is InChI=1S/C15H15BrClNO3S/c1-18(7-11-6-10(16)8-22-11)15(19)9-4-12(17)14(21-3)13(5-9)20-2/h4-6,8H,7H2,1-3H3. The first-order valence-corrected chi connectivity index (χ1v) is 8.41. The second-order valence-corrected chi connectivity index (χ2v) is 6.90. The Kier molecular flexibility index (Phi) is 5.72. The van der Waals surface area contributed by atoms with Crippen molar-refractivity contribution in [2.75, 3.05) is 21.3 Å². The number of benzene rings is 1. The van der Waals surface area contributed by atoms with Crippen molar-refractivity contribution in [3.05, 3.63) is 43.5 Å². The summed E-state index contributed by atoms with van der Waals surface area (Å²) in [5.74, 6) is 0.726. The molecular weight excluding hydrogens is 390 g/mol. The van der Waals surface area contributed by atoms with Gasteiger partial charge < -0.3 is 14.4 Å². The lowest BCUT2D eigenvalue weighted by Crippen LogP contribution is -2.25. The van der Waals surface area contributed by atoms with Crippen LogP contribution in [-0.2, 0) is 6.54 Å². The highest BCUT2D eigenvalue weighted by Gasteiger charge is 2.18. The molecule has 0 atom stereocenters. The molecule has 0 aliphatic rings. The summed E-state index contributed by atoms with van der Waals surface area (Å²) in [6.07, 6.45) is 0. The quantitative estimate of drug-likeness (QED) is 0.739. The van der Waals surface area contributed by atoms with Gasteiger partial charge in [0, 0.05) is 27.3 Å². The fourth-order valence-electron chi connectivity index (χ4n) is 2.00. The minimum atomic E-state index is -0.132. The Bertz CT molecular complexity index is 689. The minimum absolute atomic E-state index is 0.132. The fourth-order valence-corrected chi connectivity index (χ4v) is 3.80. The zero-order valence-electron chi connectivity index (χ0n) is 12.4. The lowest BCUT2D eigenvalue weighted by molar-refractivity contribution is 0.0786. The normalized spacial score (nSPS) is 10.4. The number of ether oxygens (including phenoxy) is 2. The maximum Gasteiger partial charge on any atom is 0.254 e. The molecule has 1 amide bonds. The van der Waals surface area contributed by atoms with Gasteiger partial charge in [-0.25, -0.2) is 0 Å². The van der Waals surface area contributed by atoms with Crippen molar-refractivity contribution in [3.63, 3.8) is 0 Å². The first-order valence-electron chi connectivity index (χ1n) is 6.36. The predicted molar refractivity (Wildman–Crippen MR) is 92.4 cm³/mol. The molecule has 1 aromatic heterocycles. The van der Waals surface area contributed by atoms with Crippen LogP contribution in [0.5, 0.6) is 11.5 Å². The molecule has 0 radical (unpaired) electrons. The molecule has 2 rings (SSSR count). The van der Waals surface area contributed by atoms with Crippen LogP contribution < -0.4 is 9.47 Å². The number of nitrogens with zero attached hydrogens (tertiary/aromatic N) is 1. The highest BCUT2D eigenvalue weighted by atomic mass is 79.9. The molecule has 0 aliphatic heterocycles. The maximum atomic E-state index is 12.5. The second kappa shape index (κ2) is 7.35. The molecule has 1 aromatic carbocycles. The van der Waals surface area contributed by atoms with Crippen LogP contribution in [0.2, 0.25) is 5.02 Å². The Labute approximate surface area is 146 Å². The van der Waals surface area contributed by atoms with E-state index in [0.717, 1.165) is 9.35 Å². The SMILES string of the molecule is COc1cc(C(=O)N(C)Cc2cc(Br)cs2)cc(Cl)c1OC. The Morgan fingerprint density at radius 2 is 2.05 bits per heavy atom. The third-order valence-electron chi connectivity index (χ3n) is 3.04. The molecule has 0 spiro atoms. The van der Waals surface area contributed by atoms with Gasteiger partial charge in [0.05, 0.1) is 25.8 Å². The number of methoxy groups -OCH3 is 2. The van der Waals surface area contributed by atoms with Crippen molar-refractivity contribution in [2.24, 2.45) is 0 Å². The van der Waals surface area contributed by atoms with E-state index in [1.807, 2.05) is 11.4 Å². The topological polar surface area (TPSA) is 38.8 Å². The number of rotatable bonds is 5. The van der Waals surface area contributed by atoms with Gasteiger partial charge >= 0.3 is 0 Å². The van der Waals surface area contributed by atoms with Gasteiger partial charge in [-0.05, 0) is 34.1 Å². The minimum Gasteiger partial charge on any atom is -0.493 e. The number of thiophene rings is 1. The van der Waals surface area contributed by atoms with E-state index in [-0.39, 0.29) is 5.91 Å². The van der Waals surface area contributed by atoms with E-state index in [4.69, 9.17) is 21.1 Å². The highest BCUT2D eigenvalue weighted by Crippen LogP contribution is 2.36. The van der Waals surface area contributed by atoms with Gasteiger partial charge in [-0.3, -0.25) is 4.79 Å². The van der Waals surface area contributed by atoms with Gasteiger partial charge in [0.25, 0.3) is 5.91 Å². The summed E-state index contributed by atoms with van der Waals surface area (Å²) in [5, 5.41) is 2.33. The molecule has 22 heavy (non-hydrogen) atoms. The van der Waals surface area contributed by atoms with Crippen molar-refractivity contribution >= 4 is 44.8 Å². The van der Waals surface area contributed by atoms with Crippen LogP contribution in [0.1, 0.15) is 15.2 Å². The predicted octanol–water partition coefficient (Wildman–Crippen LogP) is 4.45. The van der Waals surface area contributed by atoms with Crippen molar-refractivity contribution < 1.29 is 14.3 Å². The average Bonchev–Trinajstić information content (AvgIpc) is 2.90. The molecular formula is C15H15BrClNO3S. The summed E-state index contributed by atoms with van der Waals surface area (Å²) < 4.78 is 11.4. The Hall–Kier alpha value is -1.24. The number of halogens is 2. The third-order valence-corrected chi connectivity index (χ3v) is 5.01. The molecule has 2 aromatic rings. The molecule has 0 aliphatic carbocycles. The zero-order valence-corrected chi connectivity index (χ0v) is 15.5. The number of hydrogen-bond donors (Lipinski definition) is 0. The molecule has 0 saturated carbocycles. The Morgan fingerprint density at radius 1 is 1.32 bits per heavy atom. The Balaban J connectivity index is 2.23. The highest BCUT2D eigenvalue weighted by molar-refractivity contribution is 9.10. The molecule has 4 nitrogen and oxygen atoms in total. The first-order chi connectivity index (χ1) is 10.5. The summed E-state index contributed by atoms with van der Waals surface area (Å²) in [5.41, 5.74) is 0.459. The van der Waals surface area contributed by atoms with E-state index >= 15 is 0 Å².